The van der Waals surface area contributed by atoms with Gasteiger partial charge < -0.3 is 10.2 Å². The molecule has 3 aromatic rings. The highest BCUT2D eigenvalue weighted by Gasteiger charge is 2.28. The summed E-state index contributed by atoms with van der Waals surface area (Å²) >= 11 is 0. The molecule has 1 saturated heterocycles. The van der Waals surface area contributed by atoms with Crippen molar-refractivity contribution in [2.45, 2.75) is 31.6 Å². The average molecular weight is 514 g/mol. The van der Waals surface area contributed by atoms with E-state index in [2.05, 4.69) is 24.9 Å². The summed E-state index contributed by atoms with van der Waals surface area (Å²) in [6, 6.07) is 9.70. The topological polar surface area (TPSA) is 174 Å². The van der Waals surface area contributed by atoms with Crippen LogP contribution in [0.4, 0.5) is 34.4 Å². The first-order valence-corrected chi connectivity index (χ1v) is 12.5. The SMILES string of the molecule is Cc1nc(Nc2ccc(NS(=O)(=O)c3cc([N+](=O)[O-])c(C)c([N+](=O)[O-])c3)cc2)cc(N2CCCC2)n1. The number of benzene rings is 2. The molecule has 0 amide bonds. The Kier molecular flexibility index (Phi) is 6.70. The molecule has 0 radical (unpaired) electrons. The Morgan fingerprint density at radius 2 is 1.44 bits per heavy atom. The van der Waals surface area contributed by atoms with E-state index in [9.17, 15) is 28.6 Å². The van der Waals surface area contributed by atoms with Gasteiger partial charge in [-0.2, -0.15) is 0 Å². The van der Waals surface area contributed by atoms with Crippen molar-refractivity contribution in [3.05, 3.63) is 74.1 Å². The lowest BCUT2D eigenvalue weighted by atomic mass is 10.1. The molecule has 188 valence electrons. The maximum Gasteiger partial charge on any atom is 0.280 e. The first kappa shape index (κ1) is 24.8. The smallest absolute Gasteiger partial charge is 0.280 e. The second-order valence-corrected chi connectivity index (χ2v) is 9.94. The Bertz CT molecular complexity index is 1400. The van der Waals surface area contributed by atoms with Crippen molar-refractivity contribution in [2.24, 2.45) is 0 Å². The van der Waals surface area contributed by atoms with Crippen molar-refractivity contribution in [1.82, 2.24) is 9.97 Å². The predicted molar refractivity (Wildman–Crippen MR) is 133 cm³/mol. The minimum atomic E-state index is -4.34. The number of anilines is 4. The first-order chi connectivity index (χ1) is 17.0. The number of nitro benzene ring substituents is 2. The minimum Gasteiger partial charge on any atom is -0.356 e. The number of aryl methyl sites for hydroxylation is 1. The molecule has 4 rings (SSSR count). The van der Waals surface area contributed by atoms with E-state index in [1.54, 1.807) is 12.1 Å². The van der Waals surface area contributed by atoms with Crippen LogP contribution in [0.1, 0.15) is 24.2 Å². The van der Waals surface area contributed by atoms with Crippen molar-refractivity contribution in [3.63, 3.8) is 0 Å². The van der Waals surface area contributed by atoms with Crippen molar-refractivity contribution in [2.75, 3.05) is 28.0 Å². The van der Waals surface area contributed by atoms with E-state index in [0.717, 1.165) is 43.9 Å². The molecule has 0 unspecified atom stereocenters. The molecule has 14 heteroatoms. The highest BCUT2D eigenvalue weighted by Crippen LogP contribution is 2.32. The number of hydrogen-bond donors (Lipinski definition) is 2. The molecular formula is C22H23N7O6S. The Balaban J connectivity index is 1.54. The molecule has 13 nitrogen and oxygen atoms in total. The maximum atomic E-state index is 12.8. The standard InChI is InChI=1S/C22H23N7O6S/c1-14-19(28(30)31)11-18(12-20(14)29(32)33)36(34,35)26-17-7-5-16(6-8-17)25-21-13-22(24-15(2)23-21)27-9-3-4-10-27/h5-8,11-13,26H,3-4,9-10H2,1-2H3,(H,23,24,25). The summed E-state index contributed by atoms with van der Waals surface area (Å²) in [7, 11) is -4.34. The van der Waals surface area contributed by atoms with Gasteiger partial charge in [0.2, 0.25) is 0 Å². The van der Waals surface area contributed by atoms with Crippen molar-refractivity contribution >= 4 is 44.4 Å². The average Bonchev–Trinajstić information content (AvgIpc) is 3.34. The zero-order valence-electron chi connectivity index (χ0n) is 19.5. The second-order valence-electron chi connectivity index (χ2n) is 8.26. The van der Waals surface area contributed by atoms with E-state index in [1.165, 1.54) is 19.1 Å². The number of nitro groups is 2. The van der Waals surface area contributed by atoms with E-state index in [-0.39, 0.29) is 11.3 Å². The zero-order chi connectivity index (χ0) is 26.0. The van der Waals surface area contributed by atoms with Gasteiger partial charge >= 0.3 is 0 Å². The molecule has 0 saturated carbocycles. The predicted octanol–water partition coefficient (Wildman–Crippen LogP) is 4.05. The molecule has 1 aromatic heterocycles. The molecule has 1 aliphatic rings. The van der Waals surface area contributed by atoms with E-state index >= 15 is 0 Å². The third-order valence-corrected chi connectivity index (χ3v) is 7.05. The van der Waals surface area contributed by atoms with Gasteiger partial charge in [0.25, 0.3) is 21.4 Å². The van der Waals surface area contributed by atoms with Crippen LogP contribution in [0.15, 0.2) is 47.4 Å². The summed E-state index contributed by atoms with van der Waals surface area (Å²) < 4.78 is 28.0. The van der Waals surface area contributed by atoms with Crippen LogP contribution in [-0.4, -0.2) is 41.3 Å². The van der Waals surface area contributed by atoms with E-state index in [4.69, 9.17) is 0 Å². The lowest BCUT2D eigenvalue weighted by molar-refractivity contribution is -0.395. The normalized spacial score (nSPS) is 13.4. The van der Waals surface area contributed by atoms with Crippen LogP contribution in [0.3, 0.4) is 0 Å². The van der Waals surface area contributed by atoms with Crippen LogP contribution in [0.25, 0.3) is 0 Å². The van der Waals surface area contributed by atoms with Crippen LogP contribution in [0, 0.1) is 34.1 Å². The quantitative estimate of drug-likeness (QED) is 0.330. The van der Waals surface area contributed by atoms with Gasteiger partial charge in [0, 0.05) is 42.7 Å². The third-order valence-electron chi connectivity index (χ3n) is 5.69. The molecule has 0 spiro atoms. The summed E-state index contributed by atoms with van der Waals surface area (Å²) in [5.41, 5.74) is -0.726. The van der Waals surface area contributed by atoms with Gasteiger partial charge in [0.05, 0.1) is 9.85 Å². The summed E-state index contributed by atoms with van der Waals surface area (Å²) in [6.07, 6.45) is 2.24. The zero-order valence-corrected chi connectivity index (χ0v) is 20.3. The van der Waals surface area contributed by atoms with Crippen LogP contribution in [0.5, 0.6) is 0 Å². The summed E-state index contributed by atoms with van der Waals surface area (Å²) in [5.74, 6) is 2.05. The minimum absolute atomic E-state index is 0.169. The lowest BCUT2D eigenvalue weighted by Gasteiger charge is -2.18. The van der Waals surface area contributed by atoms with Gasteiger partial charge in [-0.3, -0.25) is 25.0 Å². The van der Waals surface area contributed by atoms with E-state index in [1.807, 2.05) is 13.0 Å². The number of nitrogens with one attached hydrogen (secondary N) is 2. The fraction of sp³-hybridized carbons (Fsp3) is 0.273. The summed E-state index contributed by atoms with van der Waals surface area (Å²) in [6.45, 7) is 4.89. The fourth-order valence-electron chi connectivity index (χ4n) is 3.90. The number of rotatable bonds is 8. The van der Waals surface area contributed by atoms with Gasteiger partial charge in [-0.1, -0.05) is 0 Å². The van der Waals surface area contributed by atoms with E-state index in [0.29, 0.717) is 17.3 Å². The van der Waals surface area contributed by atoms with E-state index < -0.39 is 36.1 Å². The molecule has 2 N–H and O–H groups in total. The Morgan fingerprint density at radius 1 is 0.889 bits per heavy atom. The molecule has 0 bridgehead atoms. The maximum absolute atomic E-state index is 12.8. The summed E-state index contributed by atoms with van der Waals surface area (Å²) in [5, 5.41) is 25.7. The Morgan fingerprint density at radius 3 is 2.00 bits per heavy atom. The van der Waals surface area contributed by atoms with Crippen LogP contribution in [0.2, 0.25) is 0 Å². The van der Waals surface area contributed by atoms with Gasteiger partial charge in [-0.15, -0.1) is 0 Å². The first-order valence-electron chi connectivity index (χ1n) is 11.0. The molecule has 36 heavy (non-hydrogen) atoms. The van der Waals surface area contributed by atoms with Gasteiger partial charge in [0.15, 0.2) is 0 Å². The highest BCUT2D eigenvalue weighted by atomic mass is 32.2. The number of aromatic nitrogens is 2. The molecule has 1 fully saturated rings. The third kappa shape index (κ3) is 5.33. The largest absolute Gasteiger partial charge is 0.356 e. The van der Waals surface area contributed by atoms with Crippen molar-refractivity contribution in [3.8, 4) is 0 Å². The van der Waals surface area contributed by atoms with Gasteiger partial charge in [-0.25, -0.2) is 18.4 Å². The Hall–Kier alpha value is -4.33. The number of nitrogens with zero attached hydrogens (tertiary/aromatic N) is 5. The number of sulfonamides is 1. The molecular weight excluding hydrogens is 490 g/mol. The fourth-order valence-corrected chi connectivity index (χ4v) is 5.00. The van der Waals surface area contributed by atoms with Gasteiger partial charge in [0.1, 0.15) is 27.9 Å². The molecule has 1 aliphatic heterocycles. The highest BCUT2D eigenvalue weighted by molar-refractivity contribution is 7.92. The Labute approximate surface area is 206 Å². The van der Waals surface area contributed by atoms with Crippen LogP contribution >= 0.6 is 0 Å². The van der Waals surface area contributed by atoms with Crippen LogP contribution in [-0.2, 0) is 10.0 Å². The second kappa shape index (κ2) is 9.73. The van der Waals surface area contributed by atoms with Crippen molar-refractivity contribution < 1.29 is 18.3 Å². The molecule has 0 aliphatic carbocycles. The van der Waals surface area contributed by atoms with Crippen LogP contribution < -0.4 is 14.9 Å². The monoisotopic (exact) mass is 513 g/mol. The lowest BCUT2D eigenvalue weighted by Crippen LogP contribution is -2.19. The molecule has 2 heterocycles. The number of hydrogen-bond acceptors (Lipinski definition) is 10. The van der Waals surface area contributed by atoms with Crippen molar-refractivity contribution in [1.29, 1.82) is 0 Å². The summed E-state index contributed by atoms with van der Waals surface area (Å²) in [4.78, 5) is 31.4. The molecule has 0 atom stereocenters. The molecule has 2 aromatic carbocycles. The van der Waals surface area contributed by atoms with Gasteiger partial charge in [-0.05, 0) is 51.0 Å².